The van der Waals surface area contributed by atoms with Crippen molar-refractivity contribution >= 4 is 29.9 Å². The van der Waals surface area contributed by atoms with Crippen molar-refractivity contribution < 1.29 is 13.3 Å². The minimum atomic E-state index is -0.575. The zero-order valence-electron chi connectivity index (χ0n) is 14.5. The van der Waals surface area contributed by atoms with Crippen LogP contribution < -0.4 is 10.6 Å². The van der Waals surface area contributed by atoms with Crippen molar-refractivity contribution in [3.05, 3.63) is 52.9 Å². The molecule has 0 bridgehead atoms. The first-order valence-electron chi connectivity index (χ1n) is 7.83. The molecular weight excluding hydrogens is 441 g/mol. The SMILES string of the molecule is CN=C(NCCc1ccc(F)cc1F)NCc1cc(C(C)C)no1.I. The van der Waals surface area contributed by atoms with E-state index in [9.17, 15) is 8.78 Å². The summed E-state index contributed by atoms with van der Waals surface area (Å²) in [5.74, 6) is 0.480. The molecule has 0 aliphatic rings. The fraction of sp³-hybridized carbons (Fsp3) is 0.412. The van der Waals surface area contributed by atoms with Gasteiger partial charge in [-0.05, 0) is 24.0 Å². The minimum absolute atomic E-state index is 0. The minimum Gasteiger partial charge on any atom is -0.359 e. The molecule has 0 atom stereocenters. The number of nitrogens with one attached hydrogen (secondary N) is 2. The van der Waals surface area contributed by atoms with Gasteiger partial charge >= 0.3 is 0 Å². The van der Waals surface area contributed by atoms with Gasteiger partial charge in [-0.25, -0.2) is 8.78 Å². The van der Waals surface area contributed by atoms with Gasteiger partial charge in [-0.3, -0.25) is 4.99 Å². The lowest BCUT2D eigenvalue weighted by Gasteiger charge is -2.11. The highest BCUT2D eigenvalue weighted by Crippen LogP contribution is 2.13. The molecule has 2 rings (SSSR count). The van der Waals surface area contributed by atoms with Crippen LogP contribution in [0, 0.1) is 11.6 Å². The summed E-state index contributed by atoms with van der Waals surface area (Å²) in [6.45, 7) is 5.01. The number of nitrogens with zero attached hydrogens (tertiary/aromatic N) is 2. The molecule has 8 heteroatoms. The van der Waals surface area contributed by atoms with Crippen molar-refractivity contribution in [2.45, 2.75) is 32.7 Å². The fourth-order valence-corrected chi connectivity index (χ4v) is 2.12. The number of rotatable bonds is 6. The predicted molar refractivity (Wildman–Crippen MR) is 104 cm³/mol. The van der Waals surface area contributed by atoms with E-state index in [4.69, 9.17) is 4.52 Å². The van der Waals surface area contributed by atoms with Crippen LogP contribution in [0.3, 0.4) is 0 Å². The fourth-order valence-electron chi connectivity index (χ4n) is 2.12. The normalized spacial score (nSPS) is 11.4. The average molecular weight is 464 g/mol. The molecular formula is C17H23F2IN4O. The Bertz CT molecular complexity index is 704. The molecule has 0 fully saturated rings. The molecule has 0 saturated carbocycles. The Kier molecular flexibility index (Phi) is 8.81. The van der Waals surface area contributed by atoms with Gasteiger partial charge in [0.15, 0.2) is 11.7 Å². The number of benzene rings is 1. The standard InChI is InChI=1S/C17H22F2N4O.HI/c1-11(2)16-9-14(24-23-16)10-22-17(20-3)21-7-6-12-4-5-13(18)8-15(12)19;/h4-5,8-9,11H,6-7,10H2,1-3H3,(H2,20,21,22);1H. The summed E-state index contributed by atoms with van der Waals surface area (Å²) in [5.41, 5.74) is 1.36. The van der Waals surface area contributed by atoms with Gasteiger partial charge < -0.3 is 15.2 Å². The lowest BCUT2D eigenvalue weighted by Crippen LogP contribution is -2.37. The third kappa shape index (κ3) is 6.60. The topological polar surface area (TPSA) is 62.5 Å². The predicted octanol–water partition coefficient (Wildman–Crippen LogP) is 3.60. The Morgan fingerprint density at radius 1 is 1.24 bits per heavy atom. The van der Waals surface area contributed by atoms with Gasteiger partial charge in [-0.1, -0.05) is 25.1 Å². The van der Waals surface area contributed by atoms with Crippen LogP contribution in [-0.2, 0) is 13.0 Å². The summed E-state index contributed by atoms with van der Waals surface area (Å²) in [5, 5.41) is 10.2. The number of halogens is 3. The van der Waals surface area contributed by atoms with Gasteiger partial charge in [0.25, 0.3) is 0 Å². The van der Waals surface area contributed by atoms with E-state index in [2.05, 4.69) is 20.8 Å². The van der Waals surface area contributed by atoms with E-state index in [1.807, 2.05) is 19.9 Å². The summed E-state index contributed by atoms with van der Waals surface area (Å²) in [6, 6.07) is 5.49. The zero-order chi connectivity index (χ0) is 17.5. The van der Waals surface area contributed by atoms with Crippen LogP contribution in [0.15, 0.2) is 33.8 Å². The first-order chi connectivity index (χ1) is 11.5. The average Bonchev–Trinajstić information content (AvgIpc) is 3.01. The summed E-state index contributed by atoms with van der Waals surface area (Å²) in [6.07, 6.45) is 0.423. The van der Waals surface area contributed by atoms with Crippen molar-refractivity contribution in [1.29, 1.82) is 0 Å². The monoisotopic (exact) mass is 464 g/mol. The van der Waals surface area contributed by atoms with Crippen molar-refractivity contribution in [2.75, 3.05) is 13.6 Å². The van der Waals surface area contributed by atoms with E-state index in [1.54, 1.807) is 7.05 Å². The van der Waals surface area contributed by atoms with Crippen molar-refractivity contribution in [2.24, 2.45) is 4.99 Å². The van der Waals surface area contributed by atoms with E-state index in [0.717, 1.165) is 11.8 Å². The van der Waals surface area contributed by atoms with Gasteiger partial charge in [0.2, 0.25) is 0 Å². The molecule has 5 nitrogen and oxygen atoms in total. The Labute approximate surface area is 163 Å². The van der Waals surface area contributed by atoms with Crippen molar-refractivity contribution in [3.63, 3.8) is 0 Å². The number of hydrogen-bond acceptors (Lipinski definition) is 3. The zero-order valence-corrected chi connectivity index (χ0v) is 16.8. The molecule has 0 saturated heterocycles. The van der Waals surface area contributed by atoms with Crippen LogP contribution in [0.5, 0.6) is 0 Å². The Morgan fingerprint density at radius 2 is 2.00 bits per heavy atom. The van der Waals surface area contributed by atoms with E-state index < -0.39 is 11.6 Å². The van der Waals surface area contributed by atoms with Crippen molar-refractivity contribution in [3.8, 4) is 0 Å². The smallest absolute Gasteiger partial charge is 0.191 e. The summed E-state index contributed by atoms with van der Waals surface area (Å²) >= 11 is 0. The third-order valence-corrected chi connectivity index (χ3v) is 3.52. The maximum Gasteiger partial charge on any atom is 0.191 e. The second-order valence-electron chi connectivity index (χ2n) is 5.71. The number of hydrogen-bond donors (Lipinski definition) is 2. The lowest BCUT2D eigenvalue weighted by molar-refractivity contribution is 0.372. The van der Waals surface area contributed by atoms with Crippen LogP contribution in [-0.4, -0.2) is 24.7 Å². The van der Waals surface area contributed by atoms with Gasteiger partial charge in [0, 0.05) is 25.7 Å². The highest BCUT2D eigenvalue weighted by molar-refractivity contribution is 14.0. The first-order valence-corrected chi connectivity index (χ1v) is 7.83. The van der Waals surface area contributed by atoms with Crippen LogP contribution in [0.2, 0.25) is 0 Å². The maximum atomic E-state index is 13.6. The summed E-state index contributed by atoms with van der Waals surface area (Å²) < 4.78 is 31.7. The van der Waals surface area contributed by atoms with E-state index >= 15 is 0 Å². The lowest BCUT2D eigenvalue weighted by atomic mass is 10.1. The molecule has 1 heterocycles. The first kappa shape index (κ1) is 21.3. The molecule has 0 unspecified atom stereocenters. The second-order valence-corrected chi connectivity index (χ2v) is 5.71. The second kappa shape index (κ2) is 10.3. The van der Waals surface area contributed by atoms with Crippen LogP contribution >= 0.6 is 24.0 Å². The Hall–Kier alpha value is -1.71. The number of aliphatic imine (C=N–C) groups is 1. The summed E-state index contributed by atoms with van der Waals surface area (Å²) in [4.78, 5) is 4.09. The van der Waals surface area contributed by atoms with Crippen LogP contribution in [0.1, 0.15) is 36.8 Å². The highest BCUT2D eigenvalue weighted by Gasteiger charge is 2.08. The van der Waals surface area contributed by atoms with Crippen molar-refractivity contribution in [1.82, 2.24) is 15.8 Å². The molecule has 25 heavy (non-hydrogen) atoms. The van der Waals surface area contributed by atoms with Gasteiger partial charge in [0.05, 0.1) is 12.2 Å². The largest absolute Gasteiger partial charge is 0.359 e. The molecule has 0 aliphatic heterocycles. The third-order valence-electron chi connectivity index (χ3n) is 3.52. The number of guanidine groups is 1. The van der Waals surface area contributed by atoms with Crippen LogP contribution in [0.25, 0.3) is 0 Å². The van der Waals surface area contributed by atoms with E-state index in [0.29, 0.717) is 42.7 Å². The Balaban J connectivity index is 0.00000312. The molecule has 1 aromatic heterocycles. The molecule has 2 N–H and O–H groups in total. The molecule has 0 spiro atoms. The maximum absolute atomic E-state index is 13.6. The molecule has 2 aromatic rings. The molecule has 0 amide bonds. The Morgan fingerprint density at radius 3 is 2.60 bits per heavy atom. The number of aromatic nitrogens is 1. The molecule has 0 aliphatic carbocycles. The molecule has 1 aromatic carbocycles. The van der Waals surface area contributed by atoms with E-state index in [1.165, 1.54) is 12.1 Å². The van der Waals surface area contributed by atoms with Gasteiger partial charge in [-0.15, -0.1) is 24.0 Å². The van der Waals surface area contributed by atoms with E-state index in [-0.39, 0.29) is 24.0 Å². The van der Waals surface area contributed by atoms with Gasteiger partial charge in [0.1, 0.15) is 11.6 Å². The summed E-state index contributed by atoms with van der Waals surface area (Å²) in [7, 11) is 1.65. The quantitative estimate of drug-likeness (QED) is 0.390. The molecule has 138 valence electrons. The van der Waals surface area contributed by atoms with Gasteiger partial charge in [-0.2, -0.15) is 0 Å². The molecule has 0 radical (unpaired) electrons. The highest BCUT2D eigenvalue weighted by atomic mass is 127. The van der Waals surface area contributed by atoms with Crippen LogP contribution in [0.4, 0.5) is 8.78 Å².